The summed E-state index contributed by atoms with van der Waals surface area (Å²) in [4.78, 5) is 4.33. The minimum atomic E-state index is 1.06. The summed E-state index contributed by atoms with van der Waals surface area (Å²) in [6.07, 6.45) is 3.01. The van der Waals surface area contributed by atoms with Crippen molar-refractivity contribution < 1.29 is 0 Å². The molecule has 76 valence electrons. The van der Waals surface area contributed by atoms with E-state index in [1.165, 1.54) is 16.7 Å². The van der Waals surface area contributed by atoms with Crippen molar-refractivity contribution in [3.63, 3.8) is 0 Å². The summed E-state index contributed by atoms with van der Waals surface area (Å²) in [6.45, 7) is 4.19. The summed E-state index contributed by atoms with van der Waals surface area (Å²) in [5.41, 5.74) is 4.95. The number of pyridine rings is 1. The van der Waals surface area contributed by atoms with E-state index in [0.29, 0.717) is 0 Å². The Morgan fingerprint density at radius 1 is 1.07 bits per heavy atom. The number of hydrogen-bond acceptors (Lipinski definition) is 1. The molecule has 1 nitrogen and oxygen atoms in total. The maximum atomic E-state index is 4.33. The Kier molecular flexibility index (Phi) is 2.82. The molecule has 1 heteroatoms. The van der Waals surface area contributed by atoms with Crippen molar-refractivity contribution in [3.8, 4) is 11.1 Å². The summed E-state index contributed by atoms with van der Waals surface area (Å²) < 4.78 is 0. The summed E-state index contributed by atoms with van der Waals surface area (Å²) in [6, 6.07) is 12.7. The van der Waals surface area contributed by atoms with E-state index in [1.54, 1.807) is 0 Å². The molecule has 1 aromatic carbocycles. The van der Waals surface area contributed by atoms with Crippen LogP contribution in [0.4, 0.5) is 0 Å². The third-order valence-electron chi connectivity index (χ3n) is 2.62. The van der Waals surface area contributed by atoms with Crippen LogP contribution in [0.5, 0.6) is 0 Å². The minimum Gasteiger partial charge on any atom is -0.261 e. The molecule has 0 saturated heterocycles. The molecule has 0 radical (unpaired) electrons. The second-order valence-electron chi connectivity index (χ2n) is 3.70. The first kappa shape index (κ1) is 9.91. The SMILES string of the molecule is CCc1ccccc1-c1ccc(C)nc1. The topological polar surface area (TPSA) is 12.9 Å². The second-order valence-corrected chi connectivity index (χ2v) is 3.70. The minimum absolute atomic E-state index is 1.06. The maximum absolute atomic E-state index is 4.33. The summed E-state index contributed by atoms with van der Waals surface area (Å²) in [5.74, 6) is 0. The Morgan fingerprint density at radius 3 is 2.53 bits per heavy atom. The van der Waals surface area contributed by atoms with Gasteiger partial charge in [-0.1, -0.05) is 37.3 Å². The van der Waals surface area contributed by atoms with Gasteiger partial charge in [-0.25, -0.2) is 0 Å². The molecule has 15 heavy (non-hydrogen) atoms. The number of rotatable bonds is 2. The first-order chi connectivity index (χ1) is 7.31. The van der Waals surface area contributed by atoms with Gasteiger partial charge in [0.15, 0.2) is 0 Å². The highest BCUT2D eigenvalue weighted by atomic mass is 14.7. The molecular formula is C14H15N. The molecule has 0 aliphatic carbocycles. The van der Waals surface area contributed by atoms with Crippen molar-refractivity contribution in [3.05, 3.63) is 53.9 Å². The normalized spacial score (nSPS) is 10.3. The van der Waals surface area contributed by atoms with Gasteiger partial charge in [0.05, 0.1) is 0 Å². The fraction of sp³-hybridized carbons (Fsp3) is 0.214. The molecule has 0 atom stereocenters. The zero-order valence-electron chi connectivity index (χ0n) is 9.20. The lowest BCUT2D eigenvalue weighted by atomic mass is 9.99. The number of aryl methyl sites for hydroxylation is 2. The molecule has 2 aromatic rings. The van der Waals surface area contributed by atoms with E-state index < -0.39 is 0 Å². The average Bonchev–Trinajstić information content (AvgIpc) is 2.30. The van der Waals surface area contributed by atoms with Gasteiger partial charge in [-0.3, -0.25) is 4.98 Å². The van der Waals surface area contributed by atoms with Crippen molar-refractivity contribution >= 4 is 0 Å². The van der Waals surface area contributed by atoms with Gasteiger partial charge in [-0.05, 0) is 30.5 Å². The second kappa shape index (κ2) is 4.26. The van der Waals surface area contributed by atoms with E-state index >= 15 is 0 Å². The van der Waals surface area contributed by atoms with Gasteiger partial charge in [0.1, 0.15) is 0 Å². The number of hydrogen-bond donors (Lipinski definition) is 0. The van der Waals surface area contributed by atoms with E-state index in [1.807, 2.05) is 13.1 Å². The molecule has 1 heterocycles. The molecule has 0 spiro atoms. The van der Waals surface area contributed by atoms with Crippen molar-refractivity contribution in [2.24, 2.45) is 0 Å². The number of benzene rings is 1. The summed E-state index contributed by atoms with van der Waals surface area (Å²) in [7, 11) is 0. The van der Waals surface area contributed by atoms with E-state index in [-0.39, 0.29) is 0 Å². The van der Waals surface area contributed by atoms with Crippen LogP contribution in [0.2, 0.25) is 0 Å². The largest absolute Gasteiger partial charge is 0.261 e. The van der Waals surface area contributed by atoms with Crippen LogP contribution in [0.1, 0.15) is 18.2 Å². The van der Waals surface area contributed by atoms with Crippen molar-refractivity contribution in [2.45, 2.75) is 20.3 Å². The molecule has 0 amide bonds. The zero-order chi connectivity index (χ0) is 10.7. The Morgan fingerprint density at radius 2 is 1.87 bits per heavy atom. The van der Waals surface area contributed by atoms with Crippen molar-refractivity contribution in [2.75, 3.05) is 0 Å². The predicted octanol–water partition coefficient (Wildman–Crippen LogP) is 3.62. The van der Waals surface area contributed by atoms with E-state index in [2.05, 4.69) is 48.3 Å². The van der Waals surface area contributed by atoms with Crippen LogP contribution < -0.4 is 0 Å². The Labute approximate surface area is 90.8 Å². The van der Waals surface area contributed by atoms with Crippen LogP contribution in [-0.4, -0.2) is 4.98 Å². The van der Waals surface area contributed by atoms with E-state index in [4.69, 9.17) is 0 Å². The highest BCUT2D eigenvalue weighted by Gasteiger charge is 2.02. The lowest BCUT2D eigenvalue weighted by Gasteiger charge is -2.07. The fourth-order valence-electron chi connectivity index (χ4n) is 1.74. The van der Waals surface area contributed by atoms with E-state index in [9.17, 15) is 0 Å². The quantitative estimate of drug-likeness (QED) is 0.716. The molecule has 0 aliphatic rings. The zero-order valence-corrected chi connectivity index (χ0v) is 9.20. The third-order valence-corrected chi connectivity index (χ3v) is 2.62. The first-order valence-electron chi connectivity index (χ1n) is 5.32. The monoisotopic (exact) mass is 197 g/mol. The van der Waals surface area contributed by atoms with Crippen LogP contribution in [-0.2, 0) is 6.42 Å². The summed E-state index contributed by atoms with van der Waals surface area (Å²) >= 11 is 0. The fourth-order valence-corrected chi connectivity index (χ4v) is 1.74. The van der Waals surface area contributed by atoms with Gasteiger partial charge in [0.25, 0.3) is 0 Å². The number of nitrogens with zero attached hydrogens (tertiary/aromatic N) is 1. The van der Waals surface area contributed by atoms with Gasteiger partial charge < -0.3 is 0 Å². The van der Waals surface area contributed by atoms with Gasteiger partial charge in [0.2, 0.25) is 0 Å². The average molecular weight is 197 g/mol. The van der Waals surface area contributed by atoms with Crippen LogP contribution in [0.3, 0.4) is 0 Å². The van der Waals surface area contributed by atoms with Gasteiger partial charge in [-0.2, -0.15) is 0 Å². The van der Waals surface area contributed by atoms with Crippen molar-refractivity contribution in [1.29, 1.82) is 0 Å². The van der Waals surface area contributed by atoms with Gasteiger partial charge in [0, 0.05) is 17.5 Å². The molecule has 1 aromatic heterocycles. The molecule has 2 rings (SSSR count). The maximum Gasteiger partial charge on any atom is 0.0373 e. The summed E-state index contributed by atoms with van der Waals surface area (Å²) in [5, 5.41) is 0. The Hall–Kier alpha value is -1.63. The number of aromatic nitrogens is 1. The van der Waals surface area contributed by atoms with Crippen LogP contribution in [0.25, 0.3) is 11.1 Å². The highest BCUT2D eigenvalue weighted by Crippen LogP contribution is 2.23. The van der Waals surface area contributed by atoms with E-state index in [0.717, 1.165) is 12.1 Å². The molecule has 0 N–H and O–H groups in total. The third kappa shape index (κ3) is 2.07. The van der Waals surface area contributed by atoms with Crippen LogP contribution in [0, 0.1) is 6.92 Å². The van der Waals surface area contributed by atoms with Crippen molar-refractivity contribution in [1.82, 2.24) is 4.98 Å². The Balaban J connectivity index is 2.49. The lowest BCUT2D eigenvalue weighted by molar-refractivity contribution is 1.14. The molecule has 0 saturated carbocycles. The smallest absolute Gasteiger partial charge is 0.0373 e. The molecule has 0 fully saturated rings. The Bertz CT molecular complexity index is 443. The molecule has 0 unspecified atom stereocenters. The lowest BCUT2D eigenvalue weighted by Crippen LogP contribution is -1.88. The molecule has 0 aliphatic heterocycles. The van der Waals surface area contributed by atoms with Crippen LogP contribution >= 0.6 is 0 Å². The highest BCUT2D eigenvalue weighted by molar-refractivity contribution is 5.66. The van der Waals surface area contributed by atoms with Gasteiger partial charge >= 0.3 is 0 Å². The van der Waals surface area contributed by atoms with Crippen LogP contribution in [0.15, 0.2) is 42.6 Å². The molecular weight excluding hydrogens is 182 g/mol. The van der Waals surface area contributed by atoms with Gasteiger partial charge in [-0.15, -0.1) is 0 Å². The predicted molar refractivity (Wildman–Crippen MR) is 63.8 cm³/mol. The first-order valence-corrected chi connectivity index (χ1v) is 5.32. The molecule has 0 bridgehead atoms. The standard InChI is InChI=1S/C14H15N/c1-3-12-6-4-5-7-14(12)13-9-8-11(2)15-10-13/h4-10H,3H2,1-2H3.